The highest BCUT2D eigenvalue weighted by atomic mass is 35.5. The van der Waals surface area contributed by atoms with E-state index in [4.69, 9.17) is 26.7 Å². The predicted octanol–water partition coefficient (Wildman–Crippen LogP) is 3.63. The number of carboxylic acid groups (broad SMARTS) is 1. The van der Waals surface area contributed by atoms with Crippen LogP contribution in [0.15, 0.2) is 36.4 Å². The zero-order valence-electron chi connectivity index (χ0n) is 10.6. The van der Waals surface area contributed by atoms with Crippen molar-refractivity contribution in [3.8, 4) is 11.8 Å². The zero-order chi connectivity index (χ0) is 15.4. The van der Waals surface area contributed by atoms with Gasteiger partial charge in [0.2, 0.25) is 0 Å². The average molecular weight is 306 g/mol. The quantitative estimate of drug-likeness (QED) is 0.936. The first kappa shape index (κ1) is 14.8. The first-order valence-electron chi connectivity index (χ1n) is 5.85. The molecule has 4 nitrogen and oxygen atoms in total. The first-order chi connectivity index (χ1) is 10.0. The monoisotopic (exact) mass is 305 g/mol. The number of benzene rings is 2. The highest BCUT2D eigenvalue weighted by Crippen LogP contribution is 2.25. The lowest BCUT2D eigenvalue weighted by Gasteiger charge is -2.10. The van der Waals surface area contributed by atoms with Gasteiger partial charge < -0.3 is 9.84 Å². The van der Waals surface area contributed by atoms with Crippen LogP contribution in [-0.4, -0.2) is 11.1 Å². The minimum Gasteiger partial charge on any atom is -0.488 e. The van der Waals surface area contributed by atoms with Crippen LogP contribution in [0, 0.1) is 17.1 Å². The molecule has 0 unspecified atom stereocenters. The topological polar surface area (TPSA) is 70.3 Å². The summed E-state index contributed by atoms with van der Waals surface area (Å²) in [5.41, 5.74) is 0.351. The Labute approximate surface area is 125 Å². The molecule has 0 bridgehead atoms. The second-order valence-electron chi connectivity index (χ2n) is 4.15. The maximum absolute atomic E-state index is 13.7. The second-order valence-corrected chi connectivity index (χ2v) is 4.59. The van der Waals surface area contributed by atoms with Gasteiger partial charge in [-0.1, -0.05) is 17.7 Å². The average Bonchev–Trinajstić information content (AvgIpc) is 2.45. The van der Waals surface area contributed by atoms with E-state index < -0.39 is 11.8 Å². The molecule has 2 aromatic rings. The van der Waals surface area contributed by atoms with Crippen molar-refractivity contribution in [2.75, 3.05) is 0 Å². The maximum Gasteiger partial charge on any atom is 0.339 e. The molecule has 0 amide bonds. The van der Waals surface area contributed by atoms with Crippen molar-refractivity contribution in [2.24, 2.45) is 0 Å². The molecule has 0 spiro atoms. The highest BCUT2D eigenvalue weighted by molar-refractivity contribution is 6.30. The van der Waals surface area contributed by atoms with E-state index in [2.05, 4.69) is 0 Å². The van der Waals surface area contributed by atoms with Crippen molar-refractivity contribution in [3.05, 3.63) is 63.9 Å². The van der Waals surface area contributed by atoms with Crippen LogP contribution < -0.4 is 4.74 Å². The van der Waals surface area contributed by atoms with Gasteiger partial charge in [-0.2, -0.15) is 5.26 Å². The van der Waals surface area contributed by atoms with E-state index in [-0.39, 0.29) is 29.0 Å². The minimum absolute atomic E-state index is 0.0544. The summed E-state index contributed by atoms with van der Waals surface area (Å²) in [4.78, 5) is 11.1. The molecule has 0 aliphatic carbocycles. The molecule has 0 atom stereocenters. The lowest BCUT2D eigenvalue weighted by Crippen LogP contribution is -2.04. The Morgan fingerprint density at radius 3 is 2.71 bits per heavy atom. The van der Waals surface area contributed by atoms with Crippen LogP contribution in [0.4, 0.5) is 4.39 Å². The number of hydrogen-bond acceptors (Lipinski definition) is 3. The number of rotatable bonds is 4. The second kappa shape index (κ2) is 6.25. The Kier molecular flexibility index (Phi) is 4.41. The van der Waals surface area contributed by atoms with Crippen molar-refractivity contribution < 1.29 is 19.0 Å². The van der Waals surface area contributed by atoms with Crippen molar-refractivity contribution in [1.82, 2.24) is 0 Å². The van der Waals surface area contributed by atoms with Crippen LogP contribution in [0.5, 0.6) is 5.75 Å². The Morgan fingerprint density at radius 2 is 2.10 bits per heavy atom. The highest BCUT2D eigenvalue weighted by Gasteiger charge is 2.13. The summed E-state index contributed by atoms with van der Waals surface area (Å²) < 4.78 is 19.0. The summed E-state index contributed by atoms with van der Waals surface area (Å²) in [5, 5.41) is 18.0. The third kappa shape index (κ3) is 3.50. The fraction of sp³-hybridized carbons (Fsp3) is 0.0667. The number of carbonyl (C=O) groups is 1. The van der Waals surface area contributed by atoms with Crippen LogP contribution in [0.3, 0.4) is 0 Å². The van der Waals surface area contributed by atoms with Crippen molar-refractivity contribution in [2.45, 2.75) is 6.61 Å². The molecule has 0 fully saturated rings. The van der Waals surface area contributed by atoms with E-state index in [0.717, 1.165) is 6.07 Å². The van der Waals surface area contributed by atoms with Crippen LogP contribution in [0.2, 0.25) is 5.02 Å². The van der Waals surface area contributed by atoms with Gasteiger partial charge in [0.1, 0.15) is 23.7 Å². The van der Waals surface area contributed by atoms with Gasteiger partial charge in [-0.05, 0) is 30.3 Å². The summed E-state index contributed by atoms with van der Waals surface area (Å²) in [5.74, 6) is -1.70. The fourth-order valence-electron chi connectivity index (χ4n) is 1.68. The van der Waals surface area contributed by atoms with Crippen LogP contribution >= 0.6 is 11.6 Å². The molecule has 0 saturated carbocycles. The molecule has 0 aromatic heterocycles. The fourth-order valence-corrected chi connectivity index (χ4v) is 1.84. The summed E-state index contributed by atoms with van der Waals surface area (Å²) in [6, 6.07) is 9.89. The SMILES string of the molecule is N#Cc1ccc(COc2cc(Cl)ccc2C(=O)O)c(F)c1. The van der Waals surface area contributed by atoms with E-state index in [1.165, 1.54) is 30.3 Å². The van der Waals surface area contributed by atoms with Crippen molar-refractivity contribution in [1.29, 1.82) is 5.26 Å². The van der Waals surface area contributed by atoms with Gasteiger partial charge in [-0.25, -0.2) is 9.18 Å². The van der Waals surface area contributed by atoms with Crippen LogP contribution in [0.1, 0.15) is 21.5 Å². The number of hydrogen-bond donors (Lipinski definition) is 1. The third-order valence-corrected chi connectivity index (χ3v) is 2.97. The molecular formula is C15H9ClFNO3. The molecule has 0 aliphatic rings. The summed E-state index contributed by atoms with van der Waals surface area (Å²) in [6.45, 7) is -0.168. The van der Waals surface area contributed by atoms with Gasteiger partial charge in [0.15, 0.2) is 0 Å². The van der Waals surface area contributed by atoms with E-state index in [0.29, 0.717) is 5.02 Å². The van der Waals surface area contributed by atoms with E-state index in [1.807, 2.05) is 6.07 Å². The number of halogens is 2. The number of carboxylic acids is 1. The molecule has 0 heterocycles. The lowest BCUT2D eigenvalue weighted by atomic mass is 10.1. The third-order valence-electron chi connectivity index (χ3n) is 2.74. The summed E-state index contributed by atoms with van der Waals surface area (Å²) in [7, 11) is 0. The Bertz CT molecular complexity index is 740. The van der Waals surface area contributed by atoms with Gasteiger partial charge in [-0.3, -0.25) is 0 Å². The largest absolute Gasteiger partial charge is 0.488 e. The van der Waals surface area contributed by atoms with E-state index >= 15 is 0 Å². The molecule has 0 aliphatic heterocycles. The molecule has 2 rings (SSSR count). The van der Waals surface area contributed by atoms with Gasteiger partial charge in [0.25, 0.3) is 0 Å². The van der Waals surface area contributed by atoms with Crippen molar-refractivity contribution >= 4 is 17.6 Å². The smallest absolute Gasteiger partial charge is 0.339 e. The minimum atomic E-state index is -1.16. The Morgan fingerprint density at radius 1 is 1.33 bits per heavy atom. The van der Waals surface area contributed by atoms with Crippen LogP contribution in [0.25, 0.3) is 0 Å². The van der Waals surface area contributed by atoms with Gasteiger partial charge in [0, 0.05) is 10.6 Å². The molecular weight excluding hydrogens is 297 g/mol. The standard InChI is InChI=1S/C15H9ClFNO3/c16-11-3-4-12(15(19)20)14(6-11)21-8-10-2-1-9(7-18)5-13(10)17/h1-6H,8H2,(H,19,20). The Balaban J connectivity index is 2.22. The molecule has 6 heteroatoms. The summed E-state index contributed by atoms with van der Waals surface area (Å²) in [6.07, 6.45) is 0. The van der Waals surface area contributed by atoms with Gasteiger partial charge in [0.05, 0.1) is 11.6 Å². The first-order valence-corrected chi connectivity index (χ1v) is 6.23. The van der Waals surface area contributed by atoms with E-state index in [1.54, 1.807) is 0 Å². The molecule has 0 radical (unpaired) electrons. The molecule has 0 saturated heterocycles. The number of ether oxygens (including phenoxy) is 1. The maximum atomic E-state index is 13.7. The Hall–Kier alpha value is -2.58. The number of aromatic carboxylic acids is 1. The van der Waals surface area contributed by atoms with Crippen LogP contribution in [-0.2, 0) is 6.61 Å². The summed E-state index contributed by atoms with van der Waals surface area (Å²) >= 11 is 5.79. The van der Waals surface area contributed by atoms with Gasteiger partial charge >= 0.3 is 5.97 Å². The number of nitriles is 1. The normalized spacial score (nSPS) is 9.95. The molecule has 1 N–H and O–H groups in total. The van der Waals surface area contributed by atoms with Crippen molar-refractivity contribution in [3.63, 3.8) is 0 Å². The number of nitrogens with zero attached hydrogens (tertiary/aromatic N) is 1. The molecule has 2 aromatic carbocycles. The molecule has 106 valence electrons. The lowest BCUT2D eigenvalue weighted by molar-refractivity contribution is 0.0691. The van der Waals surface area contributed by atoms with E-state index in [9.17, 15) is 9.18 Å². The molecule has 21 heavy (non-hydrogen) atoms. The zero-order valence-corrected chi connectivity index (χ0v) is 11.4. The van der Waals surface area contributed by atoms with Gasteiger partial charge in [-0.15, -0.1) is 0 Å². The predicted molar refractivity (Wildman–Crippen MR) is 73.9 cm³/mol.